The molecule has 0 atom stereocenters. The smallest absolute Gasteiger partial charge is 0.416 e. The average molecular weight is 424 g/mol. The number of nitrogens with zero attached hydrogens (tertiary/aromatic N) is 2. The van der Waals surface area contributed by atoms with E-state index in [0.717, 1.165) is 17.7 Å². The number of esters is 1. The highest BCUT2D eigenvalue weighted by Crippen LogP contribution is 2.32. The van der Waals surface area contributed by atoms with Crippen LogP contribution in [-0.2, 0) is 17.5 Å². The number of carbonyl (C=O) groups is 1. The summed E-state index contributed by atoms with van der Waals surface area (Å²) in [5.41, 5.74) is 0.749. The van der Waals surface area contributed by atoms with Crippen molar-refractivity contribution >= 4 is 5.97 Å². The highest BCUT2D eigenvalue weighted by molar-refractivity contribution is 5.88. The third-order valence-electron chi connectivity index (χ3n) is 4.43. The van der Waals surface area contributed by atoms with E-state index in [2.05, 4.69) is 9.97 Å². The van der Waals surface area contributed by atoms with Gasteiger partial charge in [0.1, 0.15) is 5.69 Å². The number of hydrogen-bond acceptors (Lipinski definition) is 5. The van der Waals surface area contributed by atoms with Crippen LogP contribution in [0.1, 0.15) is 21.9 Å². The molecule has 0 aliphatic rings. The summed E-state index contributed by atoms with van der Waals surface area (Å²) in [6.07, 6.45) is -1.59. The molecule has 0 amide bonds. The fourth-order valence-corrected chi connectivity index (χ4v) is 2.91. The number of ether oxygens (including phenoxy) is 1. The van der Waals surface area contributed by atoms with Gasteiger partial charge in [-0.1, -0.05) is 42.5 Å². The van der Waals surface area contributed by atoms with E-state index < -0.39 is 17.7 Å². The summed E-state index contributed by atoms with van der Waals surface area (Å²) in [7, 11) is 0. The van der Waals surface area contributed by atoms with Gasteiger partial charge in [0.25, 0.3) is 0 Å². The number of aromatic nitrogens is 2. The minimum absolute atomic E-state index is 0.0373. The molecule has 4 rings (SSSR count). The van der Waals surface area contributed by atoms with Gasteiger partial charge in [-0.3, -0.25) is 0 Å². The lowest BCUT2D eigenvalue weighted by molar-refractivity contribution is -0.137. The van der Waals surface area contributed by atoms with E-state index in [1.54, 1.807) is 0 Å². The van der Waals surface area contributed by atoms with Gasteiger partial charge in [0.2, 0.25) is 5.89 Å². The zero-order valence-corrected chi connectivity index (χ0v) is 16.0. The molecule has 0 N–H and O–H groups in total. The van der Waals surface area contributed by atoms with Gasteiger partial charge in [0, 0.05) is 11.8 Å². The van der Waals surface area contributed by atoms with E-state index in [1.807, 2.05) is 30.3 Å². The van der Waals surface area contributed by atoms with Crippen molar-refractivity contribution in [2.45, 2.75) is 12.8 Å². The lowest BCUT2D eigenvalue weighted by Crippen LogP contribution is -2.08. The summed E-state index contributed by atoms with van der Waals surface area (Å²) in [6.45, 7) is -0.207. The molecule has 0 saturated heterocycles. The van der Waals surface area contributed by atoms with Gasteiger partial charge >= 0.3 is 12.1 Å². The molecular formula is C23H15F3N2O3. The maximum Gasteiger partial charge on any atom is 0.416 e. The van der Waals surface area contributed by atoms with E-state index in [4.69, 9.17) is 9.15 Å². The predicted octanol–water partition coefficient (Wildman–Crippen LogP) is 5.78. The fraction of sp³-hybridized carbons (Fsp3) is 0.0870. The first-order valence-electron chi connectivity index (χ1n) is 9.21. The second kappa shape index (κ2) is 8.43. The van der Waals surface area contributed by atoms with Crippen molar-refractivity contribution in [2.75, 3.05) is 0 Å². The van der Waals surface area contributed by atoms with Crippen molar-refractivity contribution in [1.82, 2.24) is 9.97 Å². The minimum atomic E-state index is -4.46. The highest BCUT2D eigenvalue weighted by atomic mass is 19.4. The number of oxazole rings is 1. The number of benzene rings is 2. The molecule has 0 aliphatic carbocycles. The van der Waals surface area contributed by atoms with Crippen molar-refractivity contribution in [3.05, 3.63) is 96.3 Å². The van der Waals surface area contributed by atoms with Gasteiger partial charge in [0.15, 0.2) is 12.4 Å². The highest BCUT2D eigenvalue weighted by Gasteiger charge is 2.30. The Kier molecular flexibility index (Phi) is 5.53. The van der Waals surface area contributed by atoms with Gasteiger partial charge in [-0.05, 0) is 35.4 Å². The molecule has 156 valence electrons. The molecule has 0 spiro atoms. The standard InChI is InChI=1S/C23H15F3N2O3/c24-23(25,26)18-8-4-7-16(11-18)17-9-10-27-19(12-17)22(29)30-14-21-28-13-20(31-21)15-5-2-1-3-6-15/h1-13H,14H2. The number of hydrogen-bond donors (Lipinski definition) is 0. The van der Waals surface area contributed by atoms with Crippen LogP contribution in [0.2, 0.25) is 0 Å². The largest absolute Gasteiger partial charge is 0.451 e. The van der Waals surface area contributed by atoms with Crippen molar-refractivity contribution in [1.29, 1.82) is 0 Å². The Bertz CT molecular complexity index is 1200. The van der Waals surface area contributed by atoms with E-state index >= 15 is 0 Å². The lowest BCUT2D eigenvalue weighted by Gasteiger charge is -2.09. The number of carbonyl (C=O) groups excluding carboxylic acids is 1. The van der Waals surface area contributed by atoms with Crippen molar-refractivity contribution in [3.8, 4) is 22.5 Å². The Morgan fingerprint density at radius 2 is 1.65 bits per heavy atom. The Balaban J connectivity index is 1.46. The number of rotatable bonds is 5. The van der Waals surface area contributed by atoms with Crippen LogP contribution in [0, 0.1) is 0 Å². The Morgan fingerprint density at radius 1 is 0.903 bits per heavy atom. The van der Waals surface area contributed by atoms with Crippen LogP contribution in [0.15, 0.2) is 83.5 Å². The predicted molar refractivity (Wildman–Crippen MR) is 106 cm³/mol. The molecule has 0 aliphatic heterocycles. The number of pyridine rings is 1. The Hall–Kier alpha value is -3.94. The van der Waals surface area contributed by atoms with E-state index in [9.17, 15) is 18.0 Å². The normalized spacial score (nSPS) is 11.3. The maximum absolute atomic E-state index is 13.0. The third-order valence-corrected chi connectivity index (χ3v) is 4.43. The van der Waals surface area contributed by atoms with Gasteiger partial charge in [-0.25, -0.2) is 14.8 Å². The maximum atomic E-state index is 13.0. The van der Waals surface area contributed by atoms with Crippen LogP contribution in [0.5, 0.6) is 0 Å². The monoisotopic (exact) mass is 424 g/mol. The van der Waals surface area contributed by atoms with E-state index in [1.165, 1.54) is 36.7 Å². The first kappa shape index (κ1) is 20.3. The molecular weight excluding hydrogens is 409 g/mol. The fourth-order valence-electron chi connectivity index (χ4n) is 2.91. The Labute approximate surface area is 175 Å². The second-order valence-corrected chi connectivity index (χ2v) is 6.57. The molecule has 5 nitrogen and oxygen atoms in total. The first-order valence-corrected chi connectivity index (χ1v) is 9.21. The molecule has 2 aromatic carbocycles. The summed E-state index contributed by atoms with van der Waals surface area (Å²) in [4.78, 5) is 20.4. The van der Waals surface area contributed by atoms with Crippen molar-refractivity contribution in [2.24, 2.45) is 0 Å². The second-order valence-electron chi connectivity index (χ2n) is 6.57. The van der Waals surface area contributed by atoms with E-state index in [-0.39, 0.29) is 18.2 Å². The third kappa shape index (κ3) is 4.80. The number of halogens is 3. The summed E-state index contributed by atoms with van der Waals surface area (Å²) >= 11 is 0. The van der Waals surface area contributed by atoms with Gasteiger partial charge in [-0.15, -0.1) is 0 Å². The van der Waals surface area contributed by atoms with Gasteiger partial charge in [0.05, 0.1) is 11.8 Å². The first-order chi connectivity index (χ1) is 14.9. The molecule has 0 unspecified atom stereocenters. The topological polar surface area (TPSA) is 65.2 Å². The zero-order valence-electron chi connectivity index (χ0n) is 16.0. The molecule has 2 heterocycles. The van der Waals surface area contributed by atoms with Crippen molar-refractivity contribution < 1.29 is 27.1 Å². The lowest BCUT2D eigenvalue weighted by atomic mass is 10.0. The summed E-state index contributed by atoms with van der Waals surface area (Å²) in [6, 6.07) is 17.1. The van der Waals surface area contributed by atoms with Crippen LogP contribution >= 0.6 is 0 Å². The molecule has 0 saturated carbocycles. The number of alkyl halides is 3. The molecule has 8 heteroatoms. The quantitative estimate of drug-likeness (QED) is 0.380. The minimum Gasteiger partial charge on any atom is -0.451 e. The summed E-state index contributed by atoms with van der Waals surface area (Å²) < 4.78 is 49.7. The van der Waals surface area contributed by atoms with Crippen LogP contribution in [0.25, 0.3) is 22.5 Å². The van der Waals surface area contributed by atoms with Crippen LogP contribution in [-0.4, -0.2) is 15.9 Å². The average Bonchev–Trinajstić information content (AvgIpc) is 3.27. The molecule has 0 bridgehead atoms. The molecule has 0 fully saturated rings. The molecule has 31 heavy (non-hydrogen) atoms. The molecule has 2 aromatic heterocycles. The Morgan fingerprint density at radius 3 is 2.42 bits per heavy atom. The zero-order chi connectivity index (χ0) is 21.8. The summed E-state index contributed by atoms with van der Waals surface area (Å²) in [5.74, 6) is 0.00541. The van der Waals surface area contributed by atoms with Crippen LogP contribution < -0.4 is 0 Å². The van der Waals surface area contributed by atoms with Crippen molar-refractivity contribution in [3.63, 3.8) is 0 Å². The van der Waals surface area contributed by atoms with Gasteiger partial charge in [-0.2, -0.15) is 13.2 Å². The van der Waals surface area contributed by atoms with Gasteiger partial charge < -0.3 is 9.15 Å². The summed E-state index contributed by atoms with van der Waals surface area (Å²) in [5, 5.41) is 0. The SMILES string of the molecule is O=C(OCc1ncc(-c2ccccc2)o1)c1cc(-c2cccc(C(F)(F)F)c2)ccn1. The van der Waals surface area contributed by atoms with E-state index in [0.29, 0.717) is 16.9 Å². The van der Waals surface area contributed by atoms with Crippen LogP contribution in [0.4, 0.5) is 13.2 Å². The van der Waals surface area contributed by atoms with Crippen LogP contribution in [0.3, 0.4) is 0 Å². The molecule has 4 aromatic rings. The molecule has 0 radical (unpaired) electrons.